The van der Waals surface area contributed by atoms with Crippen LogP contribution in [-0.2, 0) is 16.4 Å². The number of hydrogen-bond acceptors (Lipinski definition) is 8. The number of aryl methyl sites for hydroxylation is 1. The van der Waals surface area contributed by atoms with Gasteiger partial charge in [0.1, 0.15) is 5.75 Å². The van der Waals surface area contributed by atoms with Crippen molar-refractivity contribution >= 4 is 51.4 Å². The molecule has 1 aromatic heterocycles. The lowest BCUT2D eigenvalue weighted by atomic mass is 9.66. The second-order valence-corrected chi connectivity index (χ2v) is 12.6. The van der Waals surface area contributed by atoms with Gasteiger partial charge in [0.05, 0.1) is 40.3 Å². The smallest absolute Gasteiger partial charge is 0.226 e. The van der Waals surface area contributed by atoms with Gasteiger partial charge in [-0.2, -0.15) is 0 Å². The first kappa shape index (κ1) is 31.9. The van der Waals surface area contributed by atoms with Crippen molar-refractivity contribution in [3.05, 3.63) is 58.2 Å². The van der Waals surface area contributed by atoms with Crippen LogP contribution in [0.25, 0.3) is 0 Å². The number of ether oxygens (including phenoxy) is 1. The number of nitrogens with one attached hydrogen (secondary N) is 1. The predicted molar refractivity (Wildman–Crippen MR) is 164 cm³/mol. The Morgan fingerprint density at radius 1 is 1.20 bits per heavy atom. The Labute approximate surface area is 243 Å². The first-order chi connectivity index (χ1) is 19.0. The minimum Gasteiger partial charge on any atom is -0.489 e. The van der Waals surface area contributed by atoms with Crippen LogP contribution in [0.2, 0.25) is 5.02 Å². The van der Waals surface area contributed by atoms with Gasteiger partial charge < -0.3 is 20.9 Å². The molecule has 3 aromatic rings. The van der Waals surface area contributed by atoms with Crippen molar-refractivity contribution in [2.24, 2.45) is 5.73 Å². The fraction of sp³-hybridized carbons (Fsp3) is 0.448. The Balaban J connectivity index is 2.02. The van der Waals surface area contributed by atoms with Gasteiger partial charge in [-0.25, -0.2) is 18.4 Å². The van der Waals surface area contributed by atoms with Gasteiger partial charge in [0.2, 0.25) is 13.2 Å². The maximum Gasteiger partial charge on any atom is 0.226 e. The molecule has 0 aliphatic carbocycles. The fourth-order valence-electron chi connectivity index (χ4n) is 4.77. The third kappa shape index (κ3) is 7.75. The summed E-state index contributed by atoms with van der Waals surface area (Å²) in [5, 5.41) is 13.3. The van der Waals surface area contributed by atoms with E-state index in [0.29, 0.717) is 40.5 Å². The number of anilines is 2. The van der Waals surface area contributed by atoms with E-state index in [2.05, 4.69) is 35.2 Å². The van der Waals surface area contributed by atoms with Crippen LogP contribution in [0.4, 0.5) is 11.6 Å². The highest BCUT2D eigenvalue weighted by atomic mass is 35.5. The number of hydrogen-bond donors (Lipinski definition) is 3. The molecule has 1 radical (unpaired) electrons. The van der Waals surface area contributed by atoms with Gasteiger partial charge in [0.25, 0.3) is 0 Å². The molecule has 0 saturated heterocycles. The molecule has 0 fully saturated rings. The molecule has 215 valence electrons. The van der Waals surface area contributed by atoms with Crippen molar-refractivity contribution in [3.63, 3.8) is 0 Å². The lowest BCUT2D eigenvalue weighted by Crippen LogP contribution is -2.35. The second-order valence-electron chi connectivity index (χ2n) is 10.0. The van der Waals surface area contributed by atoms with E-state index in [1.807, 2.05) is 19.9 Å². The van der Waals surface area contributed by atoms with Gasteiger partial charge in [0, 0.05) is 5.59 Å². The Kier molecular flexibility index (Phi) is 11.4. The zero-order chi connectivity index (χ0) is 29.4. The highest BCUT2D eigenvalue weighted by Crippen LogP contribution is 2.36. The van der Waals surface area contributed by atoms with Crippen LogP contribution in [0.1, 0.15) is 69.6 Å². The number of nitrogens with two attached hydrogens (primary N) is 1. The minimum atomic E-state index is -3.62. The molecule has 0 aliphatic rings. The largest absolute Gasteiger partial charge is 0.489 e. The van der Waals surface area contributed by atoms with Gasteiger partial charge in [-0.15, -0.1) is 0 Å². The number of aromatic nitrogens is 2. The van der Waals surface area contributed by atoms with Crippen molar-refractivity contribution in [1.82, 2.24) is 9.97 Å². The van der Waals surface area contributed by atoms with Crippen molar-refractivity contribution in [2.75, 3.05) is 17.6 Å². The molecule has 0 aliphatic heterocycles. The summed E-state index contributed by atoms with van der Waals surface area (Å²) in [6, 6.07) is 9.06. The van der Waals surface area contributed by atoms with E-state index < -0.39 is 16.4 Å². The topological polar surface area (TPSA) is 127 Å². The molecule has 3 rings (SSSR count). The monoisotopic (exact) mass is 585 g/mol. The van der Waals surface area contributed by atoms with E-state index in [1.165, 1.54) is 11.8 Å². The summed E-state index contributed by atoms with van der Waals surface area (Å²) < 4.78 is 31.9. The zero-order valence-corrected chi connectivity index (χ0v) is 25.4. The number of aliphatic hydroxyl groups excluding tert-OH is 1. The van der Waals surface area contributed by atoms with Crippen LogP contribution in [0.5, 0.6) is 5.75 Å². The molecule has 0 spiro atoms. The summed E-state index contributed by atoms with van der Waals surface area (Å²) in [5.41, 5.74) is 10.0. The van der Waals surface area contributed by atoms with Crippen molar-refractivity contribution < 1.29 is 18.3 Å². The Morgan fingerprint density at radius 2 is 1.95 bits per heavy atom. The average molecular weight is 586 g/mol. The summed E-state index contributed by atoms with van der Waals surface area (Å²) in [6.07, 6.45) is 4.41. The van der Waals surface area contributed by atoms with Crippen LogP contribution in [0.3, 0.4) is 0 Å². The van der Waals surface area contributed by atoms with Crippen LogP contribution in [0.15, 0.2) is 41.4 Å². The van der Waals surface area contributed by atoms with E-state index >= 15 is 0 Å². The Morgan fingerprint density at radius 3 is 2.58 bits per heavy atom. The van der Waals surface area contributed by atoms with Gasteiger partial charge >= 0.3 is 0 Å². The van der Waals surface area contributed by atoms with E-state index in [1.54, 1.807) is 32.4 Å². The molecule has 2 aromatic carbocycles. The van der Waals surface area contributed by atoms with Gasteiger partial charge in [-0.1, -0.05) is 55.5 Å². The summed E-state index contributed by atoms with van der Waals surface area (Å²) in [4.78, 5) is 9.02. The predicted octanol–water partition coefficient (Wildman–Crippen LogP) is 4.14. The maximum absolute atomic E-state index is 12.9. The van der Waals surface area contributed by atoms with Gasteiger partial charge in [-0.05, 0) is 74.9 Å². The molecule has 1 atom stereocenters. The van der Waals surface area contributed by atoms with Gasteiger partial charge in [0.15, 0.2) is 9.84 Å². The average Bonchev–Trinajstić information content (AvgIpc) is 2.91. The highest BCUT2D eigenvalue weighted by Gasteiger charge is 2.23. The van der Waals surface area contributed by atoms with Crippen molar-refractivity contribution in [3.8, 4) is 5.75 Å². The SMILES string of the molecule is CCCC(CCN)c1cc(OC(C)C)c(Nc2ncc(Cl)c([B]c3cccc(CO)c3S(=O)(=O)CC)n2)cc1C. The van der Waals surface area contributed by atoms with Gasteiger partial charge in [-0.3, -0.25) is 0 Å². The van der Waals surface area contributed by atoms with Crippen LogP contribution < -0.4 is 26.8 Å². The third-order valence-electron chi connectivity index (χ3n) is 6.62. The number of halogens is 1. The molecular formula is C29H39BClN4O4S. The normalized spacial score (nSPS) is 12.4. The van der Waals surface area contributed by atoms with Crippen molar-refractivity contribution in [2.45, 2.75) is 77.4 Å². The first-order valence-electron chi connectivity index (χ1n) is 13.7. The molecule has 0 bridgehead atoms. The summed E-state index contributed by atoms with van der Waals surface area (Å²) in [7, 11) is -2.03. The third-order valence-corrected chi connectivity index (χ3v) is 8.79. The Hall–Kier alpha value is -2.66. The van der Waals surface area contributed by atoms with E-state index in [9.17, 15) is 13.5 Å². The standard InChI is InChI=1S/C29H39BClN4O4S/c1-6-9-20(12-13-32)22-15-26(39-18(3)4)25(14-19(22)5)34-29-33-16-24(31)28(35-29)30-23-11-8-10-21(17-36)27(23)40(37,38)7-2/h8,10-11,14-16,18,20,36H,6-7,9,12-13,17,32H2,1-5H3,(H,33,34,35). The number of nitrogens with zero attached hydrogens (tertiary/aromatic N) is 2. The van der Waals surface area contributed by atoms with E-state index in [0.717, 1.165) is 24.8 Å². The number of rotatable bonds is 14. The molecule has 0 amide bonds. The molecule has 4 N–H and O–H groups in total. The lowest BCUT2D eigenvalue weighted by molar-refractivity contribution is 0.243. The zero-order valence-electron chi connectivity index (χ0n) is 23.9. The second kappa shape index (κ2) is 14.3. The quantitative estimate of drug-likeness (QED) is 0.241. The number of aliphatic hydroxyl groups is 1. The molecule has 0 saturated carbocycles. The van der Waals surface area contributed by atoms with Crippen LogP contribution in [-0.4, -0.2) is 49.2 Å². The molecule has 11 heteroatoms. The van der Waals surface area contributed by atoms with Crippen LogP contribution in [0, 0.1) is 6.92 Å². The molecule has 40 heavy (non-hydrogen) atoms. The molecular weight excluding hydrogens is 547 g/mol. The number of sulfone groups is 1. The minimum absolute atomic E-state index is 0.0528. The molecule has 1 heterocycles. The summed E-state index contributed by atoms with van der Waals surface area (Å²) >= 11 is 6.45. The summed E-state index contributed by atoms with van der Waals surface area (Å²) in [6.45, 7) is 9.97. The van der Waals surface area contributed by atoms with Crippen molar-refractivity contribution in [1.29, 1.82) is 0 Å². The van der Waals surface area contributed by atoms with E-state index in [-0.39, 0.29) is 27.7 Å². The number of benzene rings is 2. The lowest BCUT2D eigenvalue weighted by Gasteiger charge is -2.23. The summed E-state index contributed by atoms with van der Waals surface area (Å²) in [5.74, 6) is 1.20. The molecule has 1 unspecified atom stereocenters. The first-order valence-corrected chi connectivity index (χ1v) is 15.7. The maximum atomic E-state index is 12.9. The highest BCUT2D eigenvalue weighted by molar-refractivity contribution is 7.91. The van der Waals surface area contributed by atoms with Crippen LogP contribution >= 0.6 is 11.6 Å². The van der Waals surface area contributed by atoms with E-state index in [4.69, 9.17) is 22.1 Å². The Bertz CT molecular complexity index is 1410. The fourth-order valence-corrected chi connectivity index (χ4v) is 6.23. The molecule has 8 nitrogen and oxygen atoms in total.